The topological polar surface area (TPSA) is 30.5 Å². The Labute approximate surface area is 175 Å². The fourth-order valence-electron chi connectivity index (χ4n) is 3.10. The lowest BCUT2D eigenvalue weighted by Gasteiger charge is -2.20. The van der Waals surface area contributed by atoms with Crippen LogP contribution >= 0.6 is 15.9 Å². The summed E-state index contributed by atoms with van der Waals surface area (Å²) in [4.78, 5) is 0. The highest BCUT2D eigenvalue weighted by molar-refractivity contribution is 9.10. The van der Waals surface area contributed by atoms with Gasteiger partial charge in [-0.15, -0.1) is 0 Å². The SMILES string of the molecule is COc1ccc(Br)c(CNC(C)c2ccccc2)c1OCc1ccccc1C. The molecule has 0 amide bonds. The molecule has 28 heavy (non-hydrogen) atoms. The predicted molar refractivity (Wildman–Crippen MR) is 118 cm³/mol. The molecule has 0 heterocycles. The first-order chi connectivity index (χ1) is 13.6. The maximum atomic E-state index is 6.25. The highest BCUT2D eigenvalue weighted by Gasteiger charge is 2.16. The van der Waals surface area contributed by atoms with E-state index in [9.17, 15) is 0 Å². The van der Waals surface area contributed by atoms with Gasteiger partial charge in [0.1, 0.15) is 6.61 Å². The molecule has 3 rings (SSSR count). The summed E-state index contributed by atoms with van der Waals surface area (Å²) in [5.41, 5.74) is 4.69. The number of methoxy groups -OCH3 is 1. The molecule has 0 fully saturated rings. The molecule has 0 aliphatic heterocycles. The molecule has 0 aromatic heterocycles. The first-order valence-corrected chi connectivity index (χ1v) is 10.2. The third-order valence-corrected chi connectivity index (χ3v) is 5.65. The summed E-state index contributed by atoms with van der Waals surface area (Å²) in [5, 5.41) is 3.59. The van der Waals surface area contributed by atoms with Crippen molar-refractivity contribution in [1.29, 1.82) is 0 Å². The van der Waals surface area contributed by atoms with Gasteiger partial charge in [0.2, 0.25) is 0 Å². The average Bonchev–Trinajstić information content (AvgIpc) is 2.73. The van der Waals surface area contributed by atoms with Crippen molar-refractivity contribution in [3.8, 4) is 11.5 Å². The van der Waals surface area contributed by atoms with Gasteiger partial charge in [-0.1, -0.05) is 70.5 Å². The Bertz CT molecular complexity index is 912. The zero-order valence-electron chi connectivity index (χ0n) is 16.5. The Kier molecular flexibility index (Phi) is 7.12. The molecule has 1 atom stereocenters. The predicted octanol–water partition coefficient (Wildman–Crippen LogP) is 6.20. The summed E-state index contributed by atoms with van der Waals surface area (Å²) in [6.45, 7) is 5.43. The summed E-state index contributed by atoms with van der Waals surface area (Å²) in [5.74, 6) is 1.51. The number of hydrogen-bond donors (Lipinski definition) is 1. The minimum atomic E-state index is 0.225. The molecule has 0 bridgehead atoms. The molecule has 3 nitrogen and oxygen atoms in total. The van der Waals surface area contributed by atoms with Crippen LogP contribution < -0.4 is 14.8 Å². The molecule has 0 aliphatic rings. The standard InChI is InChI=1S/C24H26BrNO2/c1-17-9-7-8-12-20(17)16-28-24-21(22(25)13-14-23(24)27-3)15-26-18(2)19-10-5-4-6-11-19/h4-14,18,26H,15-16H2,1-3H3. The van der Waals surface area contributed by atoms with Crippen LogP contribution in [0.2, 0.25) is 0 Å². The molecule has 0 aliphatic carbocycles. The van der Waals surface area contributed by atoms with Crippen molar-refractivity contribution in [3.63, 3.8) is 0 Å². The quantitative estimate of drug-likeness (QED) is 0.453. The van der Waals surface area contributed by atoms with Crippen LogP contribution in [-0.4, -0.2) is 7.11 Å². The second kappa shape index (κ2) is 9.76. The molecule has 0 saturated heterocycles. The third kappa shape index (κ3) is 4.94. The van der Waals surface area contributed by atoms with E-state index in [4.69, 9.17) is 9.47 Å². The first-order valence-electron chi connectivity index (χ1n) is 9.41. The van der Waals surface area contributed by atoms with Gasteiger partial charge in [0.25, 0.3) is 0 Å². The van der Waals surface area contributed by atoms with E-state index in [1.54, 1.807) is 7.11 Å². The zero-order valence-corrected chi connectivity index (χ0v) is 18.1. The van der Waals surface area contributed by atoms with Gasteiger partial charge < -0.3 is 14.8 Å². The van der Waals surface area contributed by atoms with Crippen LogP contribution in [-0.2, 0) is 13.2 Å². The summed E-state index contributed by atoms with van der Waals surface area (Å²) >= 11 is 3.68. The number of rotatable bonds is 8. The van der Waals surface area contributed by atoms with Gasteiger partial charge in [0.05, 0.1) is 7.11 Å². The summed E-state index contributed by atoms with van der Waals surface area (Å²) in [6.07, 6.45) is 0. The summed E-state index contributed by atoms with van der Waals surface area (Å²) in [6, 6.07) is 22.8. The van der Waals surface area contributed by atoms with Crippen molar-refractivity contribution in [2.24, 2.45) is 0 Å². The fraction of sp³-hybridized carbons (Fsp3) is 0.250. The molecule has 4 heteroatoms. The minimum absolute atomic E-state index is 0.225. The van der Waals surface area contributed by atoms with E-state index in [-0.39, 0.29) is 6.04 Å². The van der Waals surface area contributed by atoms with Crippen molar-refractivity contribution >= 4 is 15.9 Å². The van der Waals surface area contributed by atoms with Crippen molar-refractivity contribution < 1.29 is 9.47 Å². The van der Waals surface area contributed by atoms with Crippen molar-refractivity contribution in [1.82, 2.24) is 5.32 Å². The molecule has 3 aromatic carbocycles. The van der Waals surface area contributed by atoms with Crippen LogP contribution in [0.4, 0.5) is 0 Å². The highest BCUT2D eigenvalue weighted by Crippen LogP contribution is 2.37. The molecule has 0 spiro atoms. The van der Waals surface area contributed by atoms with Gasteiger partial charge >= 0.3 is 0 Å². The van der Waals surface area contributed by atoms with Gasteiger partial charge in [0.15, 0.2) is 11.5 Å². The van der Waals surface area contributed by atoms with Gasteiger partial charge in [-0.25, -0.2) is 0 Å². The lowest BCUT2D eigenvalue weighted by Crippen LogP contribution is -2.19. The normalized spacial score (nSPS) is 11.9. The average molecular weight is 440 g/mol. The van der Waals surface area contributed by atoms with E-state index in [1.807, 2.05) is 30.3 Å². The Morgan fingerprint density at radius 3 is 2.39 bits per heavy atom. The minimum Gasteiger partial charge on any atom is -0.493 e. The Hall–Kier alpha value is -2.30. The van der Waals surface area contributed by atoms with Crippen LogP contribution in [0.1, 0.15) is 35.2 Å². The number of hydrogen-bond acceptors (Lipinski definition) is 3. The highest BCUT2D eigenvalue weighted by atomic mass is 79.9. The lowest BCUT2D eigenvalue weighted by atomic mass is 10.1. The largest absolute Gasteiger partial charge is 0.493 e. The molecule has 1 unspecified atom stereocenters. The Morgan fingerprint density at radius 2 is 1.68 bits per heavy atom. The van der Waals surface area contributed by atoms with Crippen LogP contribution in [0.15, 0.2) is 71.2 Å². The van der Waals surface area contributed by atoms with E-state index in [2.05, 4.69) is 71.5 Å². The van der Waals surface area contributed by atoms with E-state index < -0.39 is 0 Å². The monoisotopic (exact) mass is 439 g/mol. The zero-order chi connectivity index (χ0) is 19.9. The second-order valence-electron chi connectivity index (χ2n) is 6.79. The van der Waals surface area contributed by atoms with Gasteiger partial charge in [0, 0.05) is 22.6 Å². The van der Waals surface area contributed by atoms with Crippen molar-refractivity contribution in [2.45, 2.75) is 33.0 Å². The maximum Gasteiger partial charge on any atom is 0.167 e. The van der Waals surface area contributed by atoms with Gasteiger partial charge in [-0.05, 0) is 42.7 Å². The van der Waals surface area contributed by atoms with Crippen LogP contribution in [0, 0.1) is 6.92 Å². The number of aryl methyl sites for hydroxylation is 1. The molecular formula is C24H26BrNO2. The lowest BCUT2D eigenvalue weighted by molar-refractivity contribution is 0.279. The number of halogens is 1. The number of ether oxygens (including phenoxy) is 2. The third-order valence-electron chi connectivity index (χ3n) is 4.90. The van der Waals surface area contributed by atoms with Crippen LogP contribution in [0.25, 0.3) is 0 Å². The molecule has 1 N–H and O–H groups in total. The van der Waals surface area contributed by atoms with Gasteiger partial charge in [-0.3, -0.25) is 0 Å². The van der Waals surface area contributed by atoms with Crippen LogP contribution in [0.3, 0.4) is 0 Å². The first kappa shape index (κ1) is 20.4. The Balaban J connectivity index is 1.80. The van der Waals surface area contributed by atoms with Gasteiger partial charge in [-0.2, -0.15) is 0 Å². The molecular weight excluding hydrogens is 414 g/mol. The molecule has 0 radical (unpaired) electrons. The van der Waals surface area contributed by atoms with Crippen LogP contribution in [0.5, 0.6) is 11.5 Å². The van der Waals surface area contributed by atoms with Crippen molar-refractivity contribution in [3.05, 3.63) is 93.5 Å². The van der Waals surface area contributed by atoms with E-state index in [0.29, 0.717) is 13.2 Å². The number of benzene rings is 3. The second-order valence-corrected chi connectivity index (χ2v) is 7.64. The number of nitrogens with one attached hydrogen (secondary N) is 1. The molecule has 3 aromatic rings. The van der Waals surface area contributed by atoms with E-state index >= 15 is 0 Å². The Morgan fingerprint density at radius 1 is 0.964 bits per heavy atom. The maximum absolute atomic E-state index is 6.25. The molecule has 146 valence electrons. The molecule has 0 saturated carbocycles. The summed E-state index contributed by atoms with van der Waals surface area (Å²) in [7, 11) is 1.67. The smallest absolute Gasteiger partial charge is 0.167 e. The fourth-order valence-corrected chi connectivity index (χ4v) is 3.56. The van der Waals surface area contributed by atoms with E-state index in [1.165, 1.54) is 16.7 Å². The summed E-state index contributed by atoms with van der Waals surface area (Å²) < 4.78 is 12.8. The van der Waals surface area contributed by atoms with E-state index in [0.717, 1.165) is 21.5 Å². The van der Waals surface area contributed by atoms with Crippen molar-refractivity contribution in [2.75, 3.05) is 7.11 Å².